The maximum atomic E-state index is 12.2. The summed E-state index contributed by atoms with van der Waals surface area (Å²) in [7, 11) is 3.58. The van der Waals surface area contributed by atoms with E-state index in [0.717, 1.165) is 19.0 Å². The van der Waals surface area contributed by atoms with Gasteiger partial charge in [0.15, 0.2) is 5.52 Å². The molecule has 2 aliphatic rings. The molecule has 1 saturated heterocycles. The predicted molar refractivity (Wildman–Crippen MR) is 126 cm³/mol. The highest BCUT2D eigenvalue weighted by atomic mass is 16.5. The minimum absolute atomic E-state index is 0.139. The van der Waals surface area contributed by atoms with Gasteiger partial charge in [-0.25, -0.2) is 15.0 Å². The Labute approximate surface area is 189 Å². The molecule has 1 aliphatic heterocycles. The molecule has 0 bridgehead atoms. The van der Waals surface area contributed by atoms with Crippen LogP contribution in [0.3, 0.4) is 0 Å². The molecule has 0 atom stereocenters. The number of anilines is 1. The molecule has 3 aromatic heterocycles. The highest BCUT2D eigenvalue weighted by Crippen LogP contribution is 2.22. The van der Waals surface area contributed by atoms with Crippen LogP contribution in [0.2, 0.25) is 0 Å². The van der Waals surface area contributed by atoms with Crippen molar-refractivity contribution in [2.75, 3.05) is 31.2 Å². The van der Waals surface area contributed by atoms with Crippen LogP contribution in [0, 0.1) is 12.8 Å². The van der Waals surface area contributed by atoms with E-state index in [9.17, 15) is 4.79 Å². The SMILES string of the molecule is CC1CCCCC1.Cc1nc2cnc(N3CCOCC3)nc2c(=O)n1C.Cn1cccn1. The highest BCUT2D eigenvalue weighted by molar-refractivity contribution is 5.73. The lowest BCUT2D eigenvalue weighted by Gasteiger charge is -2.26. The summed E-state index contributed by atoms with van der Waals surface area (Å²) in [6.07, 6.45) is 12.7. The number of nitrogens with zero attached hydrogens (tertiary/aromatic N) is 7. The zero-order chi connectivity index (χ0) is 22.9. The van der Waals surface area contributed by atoms with Crippen molar-refractivity contribution in [2.45, 2.75) is 46.0 Å². The molecule has 4 heterocycles. The molecule has 0 amide bonds. The lowest BCUT2D eigenvalue weighted by atomic mass is 9.91. The van der Waals surface area contributed by atoms with E-state index < -0.39 is 0 Å². The summed E-state index contributed by atoms with van der Waals surface area (Å²) in [5, 5.41) is 3.83. The molecule has 3 aromatic rings. The Morgan fingerprint density at radius 2 is 1.78 bits per heavy atom. The molecule has 0 radical (unpaired) electrons. The van der Waals surface area contributed by atoms with E-state index in [1.165, 1.54) is 36.7 Å². The van der Waals surface area contributed by atoms with Crippen molar-refractivity contribution in [3.63, 3.8) is 0 Å². The predicted octanol–water partition coefficient (Wildman–Crippen LogP) is 2.88. The maximum absolute atomic E-state index is 12.2. The number of hydrogen-bond donors (Lipinski definition) is 0. The standard InChI is InChI=1S/C12H15N5O2.C7H14.C4H6N2/c1-8-14-9-7-13-12(17-3-5-19-6-4-17)15-10(9)11(18)16(8)2;1-7-5-3-2-4-6-7;1-6-4-2-3-5-6/h7H,3-6H2,1-2H3;7H,2-6H2,1H3;2-4H,1H3. The molecule has 9 nitrogen and oxygen atoms in total. The molecule has 32 heavy (non-hydrogen) atoms. The first-order valence-corrected chi connectivity index (χ1v) is 11.4. The first-order chi connectivity index (χ1) is 15.5. The van der Waals surface area contributed by atoms with Crippen LogP contribution in [0.25, 0.3) is 11.0 Å². The monoisotopic (exact) mass is 441 g/mol. The number of morpholine rings is 1. The lowest BCUT2D eigenvalue weighted by Crippen LogP contribution is -2.37. The van der Waals surface area contributed by atoms with Crippen LogP contribution in [-0.2, 0) is 18.8 Å². The van der Waals surface area contributed by atoms with E-state index in [4.69, 9.17) is 4.74 Å². The fourth-order valence-electron chi connectivity index (χ4n) is 3.73. The van der Waals surface area contributed by atoms with Crippen molar-refractivity contribution in [3.8, 4) is 0 Å². The minimum Gasteiger partial charge on any atom is -0.378 e. The Hall–Kier alpha value is -2.81. The Bertz CT molecular complexity index is 1020. The van der Waals surface area contributed by atoms with Gasteiger partial charge in [0.1, 0.15) is 11.3 Å². The largest absolute Gasteiger partial charge is 0.378 e. The van der Waals surface area contributed by atoms with Gasteiger partial charge in [0.25, 0.3) is 5.56 Å². The first-order valence-electron chi connectivity index (χ1n) is 11.4. The van der Waals surface area contributed by atoms with Gasteiger partial charge in [-0.3, -0.25) is 14.0 Å². The van der Waals surface area contributed by atoms with Crippen LogP contribution in [0.4, 0.5) is 5.95 Å². The van der Waals surface area contributed by atoms with Crippen molar-refractivity contribution in [1.82, 2.24) is 29.3 Å². The van der Waals surface area contributed by atoms with Crippen LogP contribution in [0.15, 0.2) is 29.5 Å². The van der Waals surface area contributed by atoms with E-state index in [-0.39, 0.29) is 5.56 Å². The van der Waals surface area contributed by atoms with Gasteiger partial charge in [-0.05, 0) is 18.9 Å². The molecular weight excluding hydrogens is 406 g/mol. The van der Waals surface area contributed by atoms with E-state index >= 15 is 0 Å². The van der Waals surface area contributed by atoms with Crippen LogP contribution in [0.5, 0.6) is 0 Å². The molecule has 0 N–H and O–H groups in total. The summed E-state index contributed by atoms with van der Waals surface area (Å²) >= 11 is 0. The third-order valence-corrected chi connectivity index (χ3v) is 5.86. The summed E-state index contributed by atoms with van der Waals surface area (Å²) in [6, 6.07) is 1.89. The number of hydrogen-bond acceptors (Lipinski definition) is 7. The van der Waals surface area contributed by atoms with Gasteiger partial charge in [-0.1, -0.05) is 39.0 Å². The second kappa shape index (κ2) is 11.7. The molecule has 174 valence electrons. The zero-order valence-electron chi connectivity index (χ0n) is 19.7. The molecule has 1 saturated carbocycles. The van der Waals surface area contributed by atoms with Gasteiger partial charge in [0, 0.05) is 39.6 Å². The minimum atomic E-state index is -0.139. The summed E-state index contributed by atoms with van der Waals surface area (Å²) in [6.45, 7) is 6.95. The smallest absolute Gasteiger partial charge is 0.279 e. The molecule has 1 aliphatic carbocycles. The molecule has 2 fully saturated rings. The zero-order valence-corrected chi connectivity index (χ0v) is 19.7. The Kier molecular flexibility index (Phi) is 8.72. The molecule has 0 spiro atoms. The maximum Gasteiger partial charge on any atom is 0.279 e. The third-order valence-electron chi connectivity index (χ3n) is 5.86. The Morgan fingerprint density at radius 1 is 1.06 bits per heavy atom. The number of aromatic nitrogens is 6. The summed E-state index contributed by atoms with van der Waals surface area (Å²) < 4.78 is 8.54. The first kappa shape index (κ1) is 23.8. The van der Waals surface area contributed by atoms with Crippen molar-refractivity contribution in [3.05, 3.63) is 40.8 Å². The molecule has 0 aromatic carbocycles. The highest BCUT2D eigenvalue weighted by Gasteiger charge is 2.16. The number of rotatable bonds is 1. The van der Waals surface area contributed by atoms with Gasteiger partial charge in [-0.15, -0.1) is 0 Å². The summed E-state index contributed by atoms with van der Waals surface area (Å²) in [4.78, 5) is 27.2. The topological polar surface area (TPSA) is 91.0 Å². The fraction of sp³-hybridized carbons (Fsp3) is 0.609. The van der Waals surface area contributed by atoms with E-state index in [0.29, 0.717) is 36.0 Å². The second-order valence-corrected chi connectivity index (χ2v) is 8.45. The fourth-order valence-corrected chi connectivity index (χ4v) is 3.73. The summed E-state index contributed by atoms with van der Waals surface area (Å²) in [5.74, 6) is 2.26. The number of ether oxygens (including phenoxy) is 1. The van der Waals surface area contributed by atoms with Gasteiger partial charge >= 0.3 is 0 Å². The van der Waals surface area contributed by atoms with Crippen LogP contribution in [-0.4, -0.2) is 55.6 Å². The van der Waals surface area contributed by atoms with E-state index in [2.05, 4.69) is 27.0 Å². The summed E-state index contributed by atoms with van der Waals surface area (Å²) in [5.41, 5.74) is 0.765. The van der Waals surface area contributed by atoms with Crippen LogP contribution >= 0.6 is 0 Å². The van der Waals surface area contributed by atoms with Crippen molar-refractivity contribution in [1.29, 1.82) is 0 Å². The van der Waals surface area contributed by atoms with Crippen LogP contribution in [0.1, 0.15) is 44.9 Å². The van der Waals surface area contributed by atoms with Crippen molar-refractivity contribution < 1.29 is 4.74 Å². The lowest BCUT2D eigenvalue weighted by molar-refractivity contribution is 0.122. The van der Waals surface area contributed by atoms with Crippen molar-refractivity contribution >= 4 is 17.0 Å². The average Bonchev–Trinajstić information content (AvgIpc) is 3.30. The van der Waals surface area contributed by atoms with E-state index in [1.807, 2.05) is 24.2 Å². The normalized spacial score (nSPS) is 16.7. The third kappa shape index (κ3) is 6.59. The Balaban J connectivity index is 0.000000181. The van der Waals surface area contributed by atoms with Gasteiger partial charge < -0.3 is 9.64 Å². The molecule has 5 rings (SSSR count). The number of fused-ring (bicyclic) bond motifs is 1. The second-order valence-electron chi connectivity index (χ2n) is 8.45. The van der Waals surface area contributed by atoms with Crippen LogP contribution < -0.4 is 10.5 Å². The Morgan fingerprint density at radius 3 is 2.31 bits per heavy atom. The average molecular weight is 442 g/mol. The molecule has 0 unspecified atom stereocenters. The van der Waals surface area contributed by atoms with Gasteiger partial charge in [-0.2, -0.15) is 5.10 Å². The quantitative estimate of drug-likeness (QED) is 0.573. The number of aryl methyl sites for hydroxylation is 2. The van der Waals surface area contributed by atoms with Gasteiger partial charge in [0.2, 0.25) is 5.95 Å². The van der Waals surface area contributed by atoms with Crippen molar-refractivity contribution in [2.24, 2.45) is 20.0 Å². The van der Waals surface area contributed by atoms with Gasteiger partial charge in [0.05, 0.1) is 19.4 Å². The molecular formula is C23H35N7O2. The molecule has 9 heteroatoms. The van der Waals surface area contributed by atoms with E-state index in [1.54, 1.807) is 31.0 Å².